The van der Waals surface area contributed by atoms with Gasteiger partial charge in [0.2, 0.25) is 11.8 Å². The first-order valence-electron chi connectivity index (χ1n) is 8.80. The van der Waals surface area contributed by atoms with Crippen molar-refractivity contribution in [3.8, 4) is 17.0 Å². The summed E-state index contributed by atoms with van der Waals surface area (Å²) in [6.45, 7) is 4.07. The van der Waals surface area contributed by atoms with Gasteiger partial charge in [-0.1, -0.05) is 11.6 Å². The Morgan fingerprint density at radius 1 is 1.38 bits per heavy atom. The average molecular weight is 378 g/mol. The third kappa shape index (κ3) is 4.16. The Balaban J connectivity index is 2.00. The molecule has 2 heterocycles. The Kier molecular flexibility index (Phi) is 5.78. The average Bonchev–Trinajstić information content (AvgIpc) is 3.03. The molecule has 8 heteroatoms. The fourth-order valence-electron chi connectivity index (χ4n) is 3.26. The van der Waals surface area contributed by atoms with Gasteiger partial charge in [0.15, 0.2) is 0 Å². The molecule has 0 bridgehead atoms. The van der Waals surface area contributed by atoms with Crippen LogP contribution in [0.1, 0.15) is 33.1 Å². The van der Waals surface area contributed by atoms with Gasteiger partial charge in [0, 0.05) is 18.8 Å². The standard InChI is InChI=1S/C18H24ClN5O2/c1-10(2)26-17-13(4-3-7-21-17)14-15(19)23-18(20)24-16(14)22-12-6-5-11(8-12)9-25/h3-4,7,10-12,25H,5-6,8-9H2,1-2H3,(H3,20,22,23,24)/t11-,12+/m1/s1. The van der Waals surface area contributed by atoms with Crippen LogP contribution in [0.15, 0.2) is 18.3 Å². The maximum Gasteiger partial charge on any atom is 0.223 e. The lowest BCUT2D eigenvalue weighted by atomic mass is 10.1. The van der Waals surface area contributed by atoms with Crippen LogP contribution in [-0.4, -0.2) is 38.8 Å². The van der Waals surface area contributed by atoms with Gasteiger partial charge in [-0.05, 0) is 51.2 Å². The van der Waals surface area contributed by atoms with E-state index in [0.29, 0.717) is 28.7 Å². The van der Waals surface area contributed by atoms with Crippen LogP contribution in [0.25, 0.3) is 11.1 Å². The predicted molar refractivity (Wildman–Crippen MR) is 102 cm³/mol. The van der Waals surface area contributed by atoms with Crippen LogP contribution in [0.5, 0.6) is 5.88 Å². The van der Waals surface area contributed by atoms with Crippen LogP contribution >= 0.6 is 11.6 Å². The summed E-state index contributed by atoms with van der Waals surface area (Å²) in [6, 6.07) is 3.89. The van der Waals surface area contributed by atoms with Gasteiger partial charge in [-0.2, -0.15) is 4.98 Å². The zero-order valence-corrected chi connectivity index (χ0v) is 15.7. The van der Waals surface area contributed by atoms with Crippen LogP contribution in [0.2, 0.25) is 5.15 Å². The number of aliphatic hydroxyl groups excluding tert-OH is 1. The van der Waals surface area contributed by atoms with Crippen molar-refractivity contribution < 1.29 is 9.84 Å². The van der Waals surface area contributed by atoms with Crippen molar-refractivity contribution in [2.75, 3.05) is 17.7 Å². The highest BCUT2D eigenvalue weighted by molar-refractivity contribution is 6.33. The molecule has 2 atom stereocenters. The lowest BCUT2D eigenvalue weighted by molar-refractivity contribution is 0.229. The highest BCUT2D eigenvalue weighted by Crippen LogP contribution is 2.39. The number of nitrogen functional groups attached to an aromatic ring is 1. The molecule has 0 amide bonds. The fourth-order valence-corrected chi connectivity index (χ4v) is 3.53. The molecule has 0 aliphatic heterocycles. The number of nitrogens with one attached hydrogen (secondary N) is 1. The normalized spacial score (nSPS) is 19.7. The second-order valence-electron chi connectivity index (χ2n) is 6.82. The molecule has 2 aromatic heterocycles. The van der Waals surface area contributed by atoms with Gasteiger partial charge in [-0.3, -0.25) is 0 Å². The molecule has 7 nitrogen and oxygen atoms in total. The lowest BCUT2D eigenvalue weighted by Gasteiger charge is -2.19. The molecule has 1 fully saturated rings. The molecule has 0 radical (unpaired) electrons. The Morgan fingerprint density at radius 3 is 2.88 bits per heavy atom. The number of nitrogens with zero attached hydrogens (tertiary/aromatic N) is 3. The minimum absolute atomic E-state index is 0.0336. The summed E-state index contributed by atoms with van der Waals surface area (Å²) >= 11 is 6.42. The molecular formula is C18H24ClN5O2. The SMILES string of the molecule is CC(C)Oc1ncccc1-c1c(Cl)nc(N)nc1N[C@H]1CC[C@@H](CO)C1. The number of hydrogen-bond acceptors (Lipinski definition) is 7. The smallest absolute Gasteiger partial charge is 0.223 e. The van der Waals surface area contributed by atoms with E-state index < -0.39 is 0 Å². The highest BCUT2D eigenvalue weighted by atomic mass is 35.5. The molecule has 0 spiro atoms. The Bertz CT molecular complexity index is 771. The number of anilines is 2. The molecule has 26 heavy (non-hydrogen) atoms. The van der Waals surface area contributed by atoms with Crippen LogP contribution in [0, 0.1) is 5.92 Å². The van der Waals surface area contributed by atoms with Gasteiger partial charge >= 0.3 is 0 Å². The predicted octanol–water partition coefficient (Wildman–Crippen LogP) is 3.13. The zero-order chi connectivity index (χ0) is 18.7. The summed E-state index contributed by atoms with van der Waals surface area (Å²) < 4.78 is 5.83. The summed E-state index contributed by atoms with van der Waals surface area (Å²) in [5.41, 5.74) is 7.15. The summed E-state index contributed by atoms with van der Waals surface area (Å²) in [5.74, 6) is 1.45. The number of rotatable bonds is 6. The van der Waals surface area contributed by atoms with Gasteiger partial charge in [0.25, 0.3) is 0 Å². The van der Waals surface area contributed by atoms with Gasteiger partial charge in [-0.25, -0.2) is 9.97 Å². The van der Waals surface area contributed by atoms with Crippen molar-refractivity contribution in [2.24, 2.45) is 5.92 Å². The van der Waals surface area contributed by atoms with E-state index in [1.165, 1.54) is 0 Å². The minimum Gasteiger partial charge on any atom is -0.474 e. The number of ether oxygens (including phenoxy) is 1. The molecule has 1 saturated carbocycles. The Labute approximate surface area is 158 Å². The van der Waals surface area contributed by atoms with Crippen molar-refractivity contribution in [3.05, 3.63) is 23.5 Å². The van der Waals surface area contributed by atoms with Crippen molar-refractivity contribution >= 4 is 23.4 Å². The van der Waals surface area contributed by atoms with Crippen molar-refractivity contribution in [1.29, 1.82) is 0 Å². The summed E-state index contributed by atoms with van der Waals surface area (Å²) in [7, 11) is 0. The molecular weight excluding hydrogens is 354 g/mol. The number of halogens is 1. The second kappa shape index (κ2) is 8.05. The van der Waals surface area contributed by atoms with Crippen molar-refractivity contribution in [2.45, 2.75) is 45.3 Å². The summed E-state index contributed by atoms with van der Waals surface area (Å²) in [4.78, 5) is 12.8. The van der Waals surface area contributed by atoms with E-state index >= 15 is 0 Å². The fraction of sp³-hybridized carbons (Fsp3) is 0.500. The quantitative estimate of drug-likeness (QED) is 0.664. The number of aromatic nitrogens is 3. The summed E-state index contributed by atoms with van der Waals surface area (Å²) in [5, 5.41) is 13.0. The maximum absolute atomic E-state index is 9.37. The van der Waals surface area contributed by atoms with Crippen molar-refractivity contribution in [1.82, 2.24) is 15.0 Å². The highest BCUT2D eigenvalue weighted by Gasteiger charge is 2.27. The van der Waals surface area contributed by atoms with Crippen LogP contribution in [-0.2, 0) is 0 Å². The molecule has 140 valence electrons. The number of pyridine rings is 1. The number of hydrogen-bond donors (Lipinski definition) is 3. The molecule has 0 saturated heterocycles. The third-order valence-corrected chi connectivity index (χ3v) is 4.68. The van der Waals surface area contributed by atoms with E-state index in [1.807, 2.05) is 26.0 Å². The minimum atomic E-state index is -0.0336. The largest absolute Gasteiger partial charge is 0.474 e. The van der Waals surface area contributed by atoms with E-state index in [2.05, 4.69) is 20.3 Å². The monoisotopic (exact) mass is 377 g/mol. The number of nitrogens with two attached hydrogens (primary N) is 1. The Hall–Kier alpha value is -2.12. The molecule has 1 aliphatic rings. The first-order chi connectivity index (χ1) is 12.5. The zero-order valence-electron chi connectivity index (χ0n) is 14.9. The first-order valence-corrected chi connectivity index (χ1v) is 9.18. The van der Waals surface area contributed by atoms with Gasteiger partial charge in [0.05, 0.1) is 17.2 Å². The summed E-state index contributed by atoms with van der Waals surface area (Å²) in [6.07, 6.45) is 4.44. The van der Waals surface area contributed by atoms with Gasteiger partial charge in [-0.15, -0.1) is 0 Å². The molecule has 0 unspecified atom stereocenters. The molecule has 0 aromatic carbocycles. The van der Waals surface area contributed by atoms with Gasteiger partial charge in [0.1, 0.15) is 11.0 Å². The first kappa shape index (κ1) is 18.7. The van der Waals surface area contributed by atoms with Gasteiger partial charge < -0.3 is 20.9 Å². The van der Waals surface area contributed by atoms with E-state index in [1.54, 1.807) is 6.20 Å². The van der Waals surface area contributed by atoms with Crippen LogP contribution in [0.3, 0.4) is 0 Å². The molecule has 1 aliphatic carbocycles. The van der Waals surface area contributed by atoms with Crippen molar-refractivity contribution in [3.63, 3.8) is 0 Å². The topological polar surface area (TPSA) is 106 Å². The third-order valence-electron chi connectivity index (χ3n) is 4.41. The lowest BCUT2D eigenvalue weighted by Crippen LogP contribution is -2.19. The van der Waals surface area contributed by atoms with Crippen LogP contribution < -0.4 is 15.8 Å². The molecule has 2 aromatic rings. The van der Waals surface area contributed by atoms with E-state index in [-0.39, 0.29) is 29.9 Å². The Morgan fingerprint density at radius 2 is 2.19 bits per heavy atom. The number of aliphatic hydroxyl groups is 1. The molecule has 4 N–H and O–H groups in total. The van der Waals surface area contributed by atoms with E-state index in [4.69, 9.17) is 22.1 Å². The van der Waals surface area contributed by atoms with E-state index in [9.17, 15) is 5.11 Å². The molecule has 3 rings (SSSR count). The maximum atomic E-state index is 9.37. The van der Waals surface area contributed by atoms with E-state index in [0.717, 1.165) is 19.3 Å². The second-order valence-corrected chi connectivity index (χ2v) is 7.18. The van der Waals surface area contributed by atoms with Crippen LogP contribution in [0.4, 0.5) is 11.8 Å².